The molecule has 0 N–H and O–H groups in total. The van der Waals surface area contributed by atoms with Crippen LogP contribution in [0.25, 0.3) is 22.7 Å². The minimum absolute atomic E-state index is 0.191. The van der Waals surface area contributed by atoms with Crippen molar-refractivity contribution in [2.45, 2.75) is 26.2 Å². The van der Waals surface area contributed by atoms with E-state index in [1.807, 2.05) is 54.6 Å². The van der Waals surface area contributed by atoms with E-state index in [1.54, 1.807) is 6.92 Å². The average Bonchev–Trinajstić information content (AvgIpc) is 3.07. The Morgan fingerprint density at radius 3 is 2.50 bits per heavy atom. The molecule has 26 heavy (non-hydrogen) atoms. The summed E-state index contributed by atoms with van der Waals surface area (Å²) in [6.45, 7) is 2.20. The summed E-state index contributed by atoms with van der Waals surface area (Å²) in [5.41, 5.74) is 2.63. The van der Waals surface area contributed by atoms with E-state index in [2.05, 4.69) is 4.98 Å². The number of hydrogen-bond acceptors (Lipinski definition) is 4. The molecule has 0 atom stereocenters. The first-order valence-corrected chi connectivity index (χ1v) is 9.02. The number of aromatic nitrogens is 1. The molecule has 1 aromatic heterocycles. The fourth-order valence-electron chi connectivity index (χ4n) is 2.69. The van der Waals surface area contributed by atoms with Crippen LogP contribution in [0.5, 0.6) is 0 Å². The lowest BCUT2D eigenvalue weighted by Gasteiger charge is -2.02. The number of benzene rings is 2. The van der Waals surface area contributed by atoms with Gasteiger partial charge in [-0.1, -0.05) is 41.9 Å². The van der Waals surface area contributed by atoms with Crippen molar-refractivity contribution < 1.29 is 13.9 Å². The summed E-state index contributed by atoms with van der Waals surface area (Å²) in [6.07, 6.45) is 1.61. The SMILES string of the molecule is CCOC(=O)CCCc1oc(-c2ccccc2)nc1-c1ccc(Cl)cc1. The van der Waals surface area contributed by atoms with Gasteiger partial charge in [0.05, 0.1) is 6.61 Å². The summed E-state index contributed by atoms with van der Waals surface area (Å²) in [5.74, 6) is 1.14. The van der Waals surface area contributed by atoms with Crippen LogP contribution in [0.4, 0.5) is 0 Å². The number of rotatable bonds is 7. The highest BCUT2D eigenvalue weighted by atomic mass is 35.5. The second-order valence-electron chi connectivity index (χ2n) is 5.82. The van der Waals surface area contributed by atoms with Gasteiger partial charge in [-0.25, -0.2) is 4.98 Å². The Morgan fingerprint density at radius 2 is 1.81 bits per heavy atom. The number of carbonyl (C=O) groups is 1. The number of halogens is 1. The van der Waals surface area contributed by atoms with Crippen LogP contribution in [0.2, 0.25) is 5.02 Å². The zero-order chi connectivity index (χ0) is 18.4. The van der Waals surface area contributed by atoms with Crippen LogP contribution in [-0.4, -0.2) is 17.6 Å². The highest BCUT2D eigenvalue weighted by Crippen LogP contribution is 2.30. The molecule has 134 valence electrons. The van der Waals surface area contributed by atoms with Gasteiger partial charge in [-0.3, -0.25) is 4.79 Å². The first kappa shape index (κ1) is 18.2. The highest BCUT2D eigenvalue weighted by Gasteiger charge is 2.16. The van der Waals surface area contributed by atoms with Gasteiger partial charge in [0, 0.05) is 29.0 Å². The number of nitrogens with zero attached hydrogens (tertiary/aromatic N) is 1. The maximum absolute atomic E-state index is 11.6. The predicted octanol–water partition coefficient (Wildman–Crippen LogP) is 5.55. The van der Waals surface area contributed by atoms with E-state index in [-0.39, 0.29) is 5.97 Å². The fraction of sp³-hybridized carbons (Fsp3) is 0.238. The Bertz CT molecular complexity index is 857. The summed E-state index contributed by atoms with van der Waals surface area (Å²) < 4.78 is 11.0. The van der Waals surface area contributed by atoms with Gasteiger partial charge in [0.15, 0.2) is 0 Å². The maximum Gasteiger partial charge on any atom is 0.305 e. The molecule has 0 radical (unpaired) electrons. The van der Waals surface area contributed by atoms with Crippen LogP contribution in [0.1, 0.15) is 25.5 Å². The van der Waals surface area contributed by atoms with E-state index in [0.717, 1.165) is 22.6 Å². The molecule has 0 bridgehead atoms. The summed E-state index contributed by atoms with van der Waals surface area (Å²) in [7, 11) is 0. The van der Waals surface area contributed by atoms with Crippen molar-refractivity contribution >= 4 is 17.6 Å². The van der Waals surface area contributed by atoms with Crippen molar-refractivity contribution in [3.05, 3.63) is 65.4 Å². The molecule has 0 spiro atoms. The highest BCUT2D eigenvalue weighted by molar-refractivity contribution is 6.30. The third-order valence-corrected chi connectivity index (χ3v) is 4.18. The van der Waals surface area contributed by atoms with Crippen molar-refractivity contribution in [3.63, 3.8) is 0 Å². The molecule has 1 heterocycles. The Hall–Kier alpha value is -2.59. The van der Waals surface area contributed by atoms with Gasteiger partial charge in [0.1, 0.15) is 11.5 Å². The molecule has 2 aromatic carbocycles. The fourth-order valence-corrected chi connectivity index (χ4v) is 2.81. The van der Waals surface area contributed by atoms with Gasteiger partial charge in [-0.05, 0) is 37.6 Å². The summed E-state index contributed by atoms with van der Waals surface area (Å²) >= 11 is 5.99. The molecule has 0 unspecified atom stereocenters. The molecule has 0 amide bonds. The van der Waals surface area contributed by atoms with E-state index in [9.17, 15) is 4.79 Å². The average molecular weight is 370 g/mol. The molecule has 4 nitrogen and oxygen atoms in total. The minimum Gasteiger partial charge on any atom is -0.466 e. The van der Waals surface area contributed by atoms with Crippen molar-refractivity contribution in [3.8, 4) is 22.7 Å². The molecule has 0 aliphatic heterocycles. The lowest BCUT2D eigenvalue weighted by molar-refractivity contribution is -0.143. The van der Waals surface area contributed by atoms with Crippen LogP contribution in [0.3, 0.4) is 0 Å². The van der Waals surface area contributed by atoms with Crippen molar-refractivity contribution in [2.75, 3.05) is 6.61 Å². The van der Waals surface area contributed by atoms with Gasteiger partial charge >= 0.3 is 5.97 Å². The summed E-state index contributed by atoms with van der Waals surface area (Å²) in [4.78, 5) is 16.3. The van der Waals surface area contributed by atoms with E-state index in [1.165, 1.54) is 0 Å². The third kappa shape index (κ3) is 4.52. The topological polar surface area (TPSA) is 52.3 Å². The Kier molecular flexibility index (Phi) is 6.08. The van der Waals surface area contributed by atoms with Gasteiger partial charge < -0.3 is 9.15 Å². The molecule has 0 saturated heterocycles. The van der Waals surface area contributed by atoms with Gasteiger partial charge in [0.2, 0.25) is 5.89 Å². The number of carbonyl (C=O) groups excluding carboxylic acids is 1. The van der Waals surface area contributed by atoms with Crippen LogP contribution in [0.15, 0.2) is 59.0 Å². The first-order valence-electron chi connectivity index (χ1n) is 8.64. The Balaban J connectivity index is 1.86. The predicted molar refractivity (Wildman–Crippen MR) is 102 cm³/mol. The smallest absolute Gasteiger partial charge is 0.305 e. The molecular weight excluding hydrogens is 350 g/mol. The van der Waals surface area contributed by atoms with Crippen molar-refractivity contribution in [1.29, 1.82) is 0 Å². The van der Waals surface area contributed by atoms with Gasteiger partial charge in [0.25, 0.3) is 0 Å². The van der Waals surface area contributed by atoms with Crippen LogP contribution >= 0.6 is 11.6 Å². The van der Waals surface area contributed by atoms with Gasteiger partial charge in [-0.2, -0.15) is 0 Å². The van der Waals surface area contributed by atoms with E-state index < -0.39 is 0 Å². The monoisotopic (exact) mass is 369 g/mol. The molecular formula is C21H20ClNO3. The van der Waals surface area contributed by atoms with Crippen LogP contribution in [-0.2, 0) is 16.0 Å². The maximum atomic E-state index is 11.6. The molecule has 5 heteroatoms. The molecule has 0 fully saturated rings. The normalized spacial score (nSPS) is 10.7. The Morgan fingerprint density at radius 1 is 1.08 bits per heavy atom. The summed E-state index contributed by atoms with van der Waals surface area (Å²) in [6, 6.07) is 17.3. The van der Waals surface area contributed by atoms with Crippen LogP contribution < -0.4 is 0 Å². The number of oxazole rings is 1. The third-order valence-electron chi connectivity index (χ3n) is 3.93. The molecule has 0 saturated carbocycles. The second kappa shape index (κ2) is 8.68. The van der Waals surface area contributed by atoms with E-state index in [0.29, 0.717) is 36.8 Å². The standard InChI is InChI=1S/C21H20ClNO3/c1-2-25-19(24)10-6-9-18-20(15-11-13-17(22)14-12-15)23-21(26-18)16-7-4-3-5-8-16/h3-5,7-8,11-14H,2,6,9-10H2,1H3. The van der Waals surface area contributed by atoms with Crippen LogP contribution in [0, 0.1) is 0 Å². The lowest BCUT2D eigenvalue weighted by atomic mass is 10.1. The molecule has 0 aliphatic carbocycles. The minimum atomic E-state index is -0.191. The van der Waals surface area contributed by atoms with E-state index in [4.69, 9.17) is 20.8 Å². The quantitative estimate of drug-likeness (QED) is 0.512. The molecule has 3 rings (SSSR count). The molecule has 3 aromatic rings. The molecule has 0 aliphatic rings. The number of ether oxygens (including phenoxy) is 1. The van der Waals surface area contributed by atoms with E-state index >= 15 is 0 Å². The summed E-state index contributed by atoms with van der Waals surface area (Å²) in [5, 5.41) is 0.671. The lowest BCUT2D eigenvalue weighted by Crippen LogP contribution is -2.04. The van der Waals surface area contributed by atoms with Gasteiger partial charge in [-0.15, -0.1) is 0 Å². The largest absolute Gasteiger partial charge is 0.466 e. The Labute approximate surface area is 157 Å². The van der Waals surface area contributed by atoms with Crippen molar-refractivity contribution in [1.82, 2.24) is 4.98 Å². The van der Waals surface area contributed by atoms with Crippen molar-refractivity contribution in [2.24, 2.45) is 0 Å². The number of esters is 1. The number of hydrogen-bond donors (Lipinski definition) is 0. The first-order chi connectivity index (χ1) is 12.7. The number of aryl methyl sites for hydroxylation is 1. The zero-order valence-corrected chi connectivity index (χ0v) is 15.3. The second-order valence-corrected chi connectivity index (χ2v) is 6.26. The zero-order valence-electron chi connectivity index (χ0n) is 14.6.